The van der Waals surface area contributed by atoms with E-state index in [0.717, 1.165) is 16.7 Å². The van der Waals surface area contributed by atoms with Crippen molar-refractivity contribution in [1.82, 2.24) is 0 Å². The first-order chi connectivity index (χ1) is 13.1. The summed E-state index contributed by atoms with van der Waals surface area (Å²) < 4.78 is 25.3. The molecule has 0 unspecified atom stereocenters. The average molecular weight is 399 g/mol. The number of aryl methyl sites for hydroxylation is 1. The first-order valence-electron chi connectivity index (χ1n) is 9.35. The molecule has 2 aromatic carbocycles. The van der Waals surface area contributed by atoms with Gasteiger partial charge in [0.05, 0.1) is 11.9 Å². The standard InChI is InChI=1S/C22H26N2O3S/c1-15(2)20(17-7-5-16(3)6-8-17)14-22(25)23-19-10-9-18-11-12-24(21(18)13-19)28(4,26)27/h5-10,13-15H,11-12H2,1-4H3,(H,23,25)/b20-14+. The van der Waals surface area contributed by atoms with Crippen molar-refractivity contribution in [3.8, 4) is 0 Å². The molecule has 1 amide bonds. The van der Waals surface area contributed by atoms with E-state index in [9.17, 15) is 13.2 Å². The minimum absolute atomic E-state index is 0.189. The Balaban J connectivity index is 1.84. The molecular weight excluding hydrogens is 372 g/mol. The average Bonchev–Trinajstić information content (AvgIpc) is 3.04. The van der Waals surface area contributed by atoms with Crippen LogP contribution in [-0.2, 0) is 21.2 Å². The van der Waals surface area contributed by atoms with Crippen LogP contribution in [0.3, 0.4) is 0 Å². The van der Waals surface area contributed by atoms with Crippen LogP contribution in [0.25, 0.3) is 5.57 Å². The molecule has 0 atom stereocenters. The molecule has 0 aromatic heterocycles. The Hall–Kier alpha value is -2.60. The van der Waals surface area contributed by atoms with Crippen LogP contribution in [0.15, 0.2) is 48.5 Å². The third-order valence-electron chi connectivity index (χ3n) is 4.90. The summed E-state index contributed by atoms with van der Waals surface area (Å²) in [5.41, 5.74) is 5.35. The maximum absolute atomic E-state index is 12.6. The molecule has 28 heavy (non-hydrogen) atoms. The molecule has 0 spiro atoms. The molecule has 1 aliphatic rings. The summed E-state index contributed by atoms with van der Waals surface area (Å²) in [6.07, 6.45) is 3.50. The molecular formula is C22H26N2O3S. The van der Waals surface area contributed by atoms with E-state index in [2.05, 4.69) is 19.2 Å². The van der Waals surface area contributed by atoms with Gasteiger partial charge in [-0.1, -0.05) is 49.7 Å². The van der Waals surface area contributed by atoms with Crippen LogP contribution < -0.4 is 9.62 Å². The van der Waals surface area contributed by atoms with Crippen molar-refractivity contribution >= 4 is 32.9 Å². The van der Waals surface area contributed by atoms with E-state index < -0.39 is 10.0 Å². The fraction of sp³-hybridized carbons (Fsp3) is 0.318. The molecule has 1 aliphatic heterocycles. The highest BCUT2D eigenvalue weighted by atomic mass is 32.2. The van der Waals surface area contributed by atoms with Crippen LogP contribution >= 0.6 is 0 Å². The van der Waals surface area contributed by atoms with E-state index >= 15 is 0 Å². The number of sulfonamides is 1. The quantitative estimate of drug-likeness (QED) is 0.775. The van der Waals surface area contributed by atoms with Gasteiger partial charge in [-0.3, -0.25) is 9.10 Å². The predicted molar refractivity (Wildman–Crippen MR) is 115 cm³/mol. The molecule has 148 valence electrons. The fourth-order valence-corrected chi connectivity index (χ4v) is 4.37. The summed E-state index contributed by atoms with van der Waals surface area (Å²) in [5.74, 6) is -0.0395. The molecule has 0 saturated carbocycles. The highest BCUT2D eigenvalue weighted by molar-refractivity contribution is 7.92. The van der Waals surface area contributed by atoms with Crippen molar-refractivity contribution in [3.63, 3.8) is 0 Å². The second-order valence-electron chi connectivity index (χ2n) is 7.54. The number of allylic oxidation sites excluding steroid dienone is 1. The van der Waals surface area contributed by atoms with Crippen molar-refractivity contribution in [2.45, 2.75) is 27.2 Å². The second-order valence-corrected chi connectivity index (χ2v) is 9.45. The normalized spacial score (nSPS) is 14.3. The fourth-order valence-electron chi connectivity index (χ4n) is 3.42. The highest BCUT2D eigenvalue weighted by Gasteiger charge is 2.26. The van der Waals surface area contributed by atoms with Gasteiger partial charge in [-0.2, -0.15) is 0 Å². The van der Waals surface area contributed by atoms with Crippen LogP contribution in [0.4, 0.5) is 11.4 Å². The van der Waals surface area contributed by atoms with Gasteiger partial charge in [0.2, 0.25) is 15.9 Å². The minimum atomic E-state index is -3.32. The Morgan fingerprint density at radius 3 is 2.43 bits per heavy atom. The van der Waals surface area contributed by atoms with Gasteiger partial charge in [0.25, 0.3) is 0 Å². The van der Waals surface area contributed by atoms with Gasteiger partial charge in [0.15, 0.2) is 0 Å². The monoisotopic (exact) mass is 398 g/mol. The summed E-state index contributed by atoms with van der Waals surface area (Å²) in [6.45, 7) is 6.58. The van der Waals surface area contributed by atoms with Gasteiger partial charge in [0, 0.05) is 18.3 Å². The minimum Gasteiger partial charge on any atom is -0.322 e. The highest BCUT2D eigenvalue weighted by Crippen LogP contribution is 2.32. The Morgan fingerprint density at radius 1 is 1.14 bits per heavy atom. The van der Waals surface area contributed by atoms with Crippen LogP contribution in [0.1, 0.15) is 30.5 Å². The van der Waals surface area contributed by atoms with E-state index in [1.54, 1.807) is 12.1 Å². The zero-order chi connectivity index (χ0) is 20.5. The molecule has 3 rings (SSSR count). The predicted octanol–water partition coefficient (Wildman–Crippen LogP) is 4.00. The van der Waals surface area contributed by atoms with Gasteiger partial charge < -0.3 is 5.32 Å². The number of anilines is 2. The largest absolute Gasteiger partial charge is 0.322 e. The zero-order valence-corrected chi connectivity index (χ0v) is 17.5. The topological polar surface area (TPSA) is 66.5 Å². The number of nitrogens with one attached hydrogen (secondary N) is 1. The smallest absolute Gasteiger partial charge is 0.248 e. The molecule has 1 heterocycles. The second kappa shape index (κ2) is 7.80. The number of nitrogens with zero attached hydrogens (tertiary/aromatic N) is 1. The van der Waals surface area contributed by atoms with Crippen molar-refractivity contribution in [2.24, 2.45) is 5.92 Å². The van der Waals surface area contributed by atoms with Gasteiger partial charge in [-0.25, -0.2) is 8.42 Å². The lowest BCUT2D eigenvalue weighted by Crippen LogP contribution is -2.27. The number of rotatable bonds is 5. The number of amides is 1. The maximum atomic E-state index is 12.6. The molecule has 0 radical (unpaired) electrons. The summed E-state index contributed by atoms with van der Waals surface area (Å²) >= 11 is 0. The maximum Gasteiger partial charge on any atom is 0.248 e. The lowest BCUT2D eigenvalue weighted by atomic mass is 9.94. The number of hydrogen-bond donors (Lipinski definition) is 1. The summed E-state index contributed by atoms with van der Waals surface area (Å²) in [7, 11) is -3.32. The lowest BCUT2D eigenvalue weighted by Gasteiger charge is -2.17. The Morgan fingerprint density at radius 2 is 1.82 bits per heavy atom. The Kier molecular flexibility index (Phi) is 5.61. The van der Waals surface area contributed by atoms with Crippen LogP contribution in [0, 0.1) is 12.8 Å². The molecule has 2 aromatic rings. The molecule has 0 saturated heterocycles. The van der Waals surface area contributed by atoms with Crippen LogP contribution in [-0.4, -0.2) is 27.1 Å². The Bertz CT molecular complexity index is 1020. The van der Waals surface area contributed by atoms with Crippen LogP contribution in [0.2, 0.25) is 0 Å². The first-order valence-corrected chi connectivity index (χ1v) is 11.2. The van der Waals surface area contributed by atoms with E-state index in [4.69, 9.17) is 0 Å². The molecule has 0 bridgehead atoms. The van der Waals surface area contributed by atoms with Gasteiger partial charge in [0.1, 0.15) is 0 Å². The van der Waals surface area contributed by atoms with Gasteiger partial charge in [-0.15, -0.1) is 0 Å². The summed E-state index contributed by atoms with van der Waals surface area (Å²) in [6, 6.07) is 13.5. The lowest BCUT2D eigenvalue weighted by molar-refractivity contribution is -0.111. The Labute approximate surface area is 167 Å². The molecule has 0 fully saturated rings. The van der Waals surface area contributed by atoms with E-state index in [-0.39, 0.29) is 11.8 Å². The van der Waals surface area contributed by atoms with E-state index in [1.165, 1.54) is 16.1 Å². The third-order valence-corrected chi connectivity index (χ3v) is 6.08. The van der Waals surface area contributed by atoms with Crippen molar-refractivity contribution < 1.29 is 13.2 Å². The molecule has 1 N–H and O–H groups in total. The van der Waals surface area contributed by atoms with Crippen molar-refractivity contribution in [1.29, 1.82) is 0 Å². The molecule has 6 heteroatoms. The van der Waals surface area contributed by atoms with Crippen molar-refractivity contribution in [2.75, 3.05) is 22.4 Å². The molecule has 0 aliphatic carbocycles. The van der Waals surface area contributed by atoms with Crippen molar-refractivity contribution in [3.05, 3.63) is 65.2 Å². The summed E-state index contributed by atoms with van der Waals surface area (Å²) in [4.78, 5) is 12.6. The number of carbonyl (C=O) groups is 1. The first kappa shape index (κ1) is 20.1. The van der Waals surface area contributed by atoms with Gasteiger partial charge in [-0.05, 0) is 48.1 Å². The number of hydrogen-bond acceptors (Lipinski definition) is 3. The SMILES string of the molecule is Cc1ccc(/C(=C/C(=O)Nc2ccc3c(c2)N(S(C)(=O)=O)CC3)C(C)C)cc1. The van der Waals surface area contributed by atoms with Crippen LogP contribution in [0.5, 0.6) is 0 Å². The summed E-state index contributed by atoms with van der Waals surface area (Å²) in [5, 5.41) is 2.87. The van der Waals surface area contributed by atoms with Gasteiger partial charge >= 0.3 is 0 Å². The number of fused-ring (bicyclic) bond motifs is 1. The zero-order valence-electron chi connectivity index (χ0n) is 16.7. The number of benzene rings is 2. The third kappa shape index (κ3) is 4.44. The van der Waals surface area contributed by atoms with E-state index in [1.807, 2.05) is 43.3 Å². The van der Waals surface area contributed by atoms with E-state index in [0.29, 0.717) is 24.3 Å². The number of carbonyl (C=O) groups excluding carboxylic acids is 1. The molecule has 5 nitrogen and oxygen atoms in total.